The van der Waals surface area contributed by atoms with E-state index in [2.05, 4.69) is 41.1 Å². The highest BCUT2D eigenvalue weighted by atomic mass is 79.9. The summed E-state index contributed by atoms with van der Waals surface area (Å²) >= 11 is 9.58. The van der Waals surface area contributed by atoms with Crippen molar-refractivity contribution in [3.8, 4) is 5.75 Å². The minimum atomic E-state index is -0.0979. The maximum absolute atomic E-state index is 6.30. The van der Waals surface area contributed by atoms with Crippen LogP contribution in [-0.2, 0) is 6.42 Å². The summed E-state index contributed by atoms with van der Waals surface area (Å²) in [4.78, 5) is 0. The number of ether oxygens (including phenoxy) is 1. The van der Waals surface area contributed by atoms with Crippen molar-refractivity contribution in [3.05, 3.63) is 62.6 Å². The molecule has 0 fully saturated rings. The largest absolute Gasteiger partial charge is 0.496 e. The van der Waals surface area contributed by atoms with Crippen molar-refractivity contribution < 1.29 is 4.74 Å². The zero-order valence-corrected chi connectivity index (χ0v) is 13.8. The van der Waals surface area contributed by atoms with E-state index in [0.29, 0.717) is 11.4 Å². The Kier molecular flexibility index (Phi) is 5.08. The van der Waals surface area contributed by atoms with Crippen LogP contribution < -0.4 is 10.5 Å². The normalized spacial score (nSPS) is 12.2. The highest BCUT2D eigenvalue weighted by Crippen LogP contribution is 2.28. The Balaban J connectivity index is 2.24. The van der Waals surface area contributed by atoms with E-state index >= 15 is 0 Å². The van der Waals surface area contributed by atoms with Crippen LogP contribution in [0, 0.1) is 6.92 Å². The second-order valence-corrected chi connectivity index (χ2v) is 6.07. The number of aryl methyl sites for hydroxylation is 1. The van der Waals surface area contributed by atoms with E-state index in [1.54, 1.807) is 7.11 Å². The number of hydrogen-bond acceptors (Lipinski definition) is 2. The number of halogens is 2. The van der Waals surface area contributed by atoms with Crippen molar-refractivity contribution in [2.75, 3.05) is 7.11 Å². The molecule has 0 spiro atoms. The van der Waals surface area contributed by atoms with Crippen LogP contribution in [0.4, 0.5) is 0 Å². The van der Waals surface area contributed by atoms with E-state index in [1.165, 1.54) is 5.56 Å². The number of rotatable bonds is 4. The van der Waals surface area contributed by atoms with Gasteiger partial charge in [-0.1, -0.05) is 39.7 Å². The Morgan fingerprint density at radius 1 is 1.25 bits per heavy atom. The molecule has 0 aromatic heterocycles. The molecule has 2 nitrogen and oxygen atoms in total. The van der Waals surface area contributed by atoms with Gasteiger partial charge in [0.15, 0.2) is 0 Å². The number of nitrogens with two attached hydrogens (primary N) is 1. The van der Waals surface area contributed by atoms with Gasteiger partial charge in [-0.2, -0.15) is 0 Å². The van der Waals surface area contributed by atoms with Crippen LogP contribution in [0.3, 0.4) is 0 Å². The molecular weight excluding hydrogens is 338 g/mol. The third kappa shape index (κ3) is 3.54. The third-order valence-electron chi connectivity index (χ3n) is 3.31. The Hall–Kier alpha value is -1.03. The first kappa shape index (κ1) is 15.4. The Bertz CT molecular complexity index is 615. The molecule has 0 amide bonds. The smallest absolute Gasteiger partial charge is 0.122 e. The van der Waals surface area contributed by atoms with Crippen LogP contribution in [0.25, 0.3) is 0 Å². The lowest BCUT2D eigenvalue weighted by Crippen LogP contribution is -2.14. The average molecular weight is 355 g/mol. The summed E-state index contributed by atoms with van der Waals surface area (Å²) in [5.41, 5.74) is 9.60. The second kappa shape index (κ2) is 6.61. The lowest BCUT2D eigenvalue weighted by molar-refractivity contribution is 0.408. The summed E-state index contributed by atoms with van der Waals surface area (Å²) in [7, 11) is 1.65. The summed E-state index contributed by atoms with van der Waals surface area (Å²) in [6.07, 6.45) is 0.680. The quantitative estimate of drug-likeness (QED) is 0.866. The molecule has 0 aliphatic rings. The predicted octanol–water partition coefficient (Wildman–Crippen LogP) is 4.66. The monoisotopic (exact) mass is 353 g/mol. The summed E-state index contributed by atoms with van der Waals surface area (Å²) < 4.78 is 6.43. The maximum atomic E-state index is 6.30. The lowest BCUT2D eigenvalue weighted by atomic mass is 9.98. The van der Waals surface area contributed by atoms with E-state index < -0.39 is 0 Å². The summed E-state index contributed by atoms with van der Waals surface area (Å²) in [6, 6.07) is 11.7. The van der Waals surface area contributed by atoms with Crippen molar-refractivity contribution in [3.63, 3.8) is 0 Å². The molecule has 1 atom stereocenters. The van der Waals surface area contributed by atoms with E-state index in [4.69, 9.17) is 22.1 Å². The van der Waals surface area contributed by atoms with E-state index in [0.717, 1.165) is 21.3 Å². The fourth-order valence-corrected chi connectivity index (χ4v) is 2.69. The van der Waals surface area contributed by atoms with Gasteiger partial charge in [-0.25, -0.2) is 0 Å². The zero-order valence-electron chi connectivity index (χ0n) is 11.5. The van der Waals surface area contributed by atoms with E-state index in [9.17, 15) is 0 Å². The van der Waals surface area contributed by atoms with Crippen LogP contribution in [0.15, 0.2) is 40.9 Å². The summed E-state index contributed by atoms with van der Waals surface area (Å²) in [5, 5.41) is 0.693. The minimum Gasteiger partial charge on any atom is -0.496 e. The van der Waals surface area contributed by atoms with Crippen LogP contribution in [-0.4, -0.2) is 7.11 Å². The number of benzene rings is 2. The van der Waals surface area contributed by atoms with E-state index in [1.807, 2.05) is 18.2 Å². The molecule has 106 valence electrons. The first-order chi connectivity index (χ1) is 9.51. The first-order valence-electron chi connectivity index (χ1n) is 6.35. The van der Waals surface area contributed by atoms with Crippen molar-refractivity contribution in [1.29, 1.82) is 0 Å². The van der Waals surface area contributed by atoms with Gasteiger partial charge in [-0.3, -0.25) is 0 Å². The van der Waals surface area contributed by atoms with Crippen molar-refractivity contribution >= 4 is 27.5 Å². The van der Waals surface area contributed by atoms with Crippen LogP contribution in [0.5, 0.6) is 5.75 Å². The molecule has 0 aliphatic carbocycles. The lowest BCUT2D eigenvalue weighted by Gasteiger charge is -2.16. The number of methoxy groups -OCH3 is 1. The Morgan fingerprint density at radius 2 is 2.00 bits per heavy atom. The molecule has 2 aromatic rings. The molecule has 0 saturated carbocycles. The van der Waals surface area contributed by atoms with Gasteiger partial charge in [-0.05, 0) is 54.3 Å². The molecule has 4 heteroatoms. The van der Waals surface area contributed by atoms with Crippen LogP contribution >= 0.6 is 27.5 Å². The summed E-state index contributed by atoms with van der Waals surface area (Å²) in [6.45, 7) is 2.05. The standard InChI is InChI=1S/C16H17BrClNO/c1-10-3-4-11(8-14(10)17)15(19)9-12-7-13(18)5-6-16(12)20-2/h3-8,15H,9,19H2,1-2H3. The average Bonchev–Trinajstić information content (AvgIpc) is 2.42. The highest BCUT2D eigenvalue weighted by Gasteiger charge is 2.12. The van der Waals surface area contributed by atoms with Crippen molar-refractivity contribution in [1.82, 2.24) is 0 Å². The third-order valence-corrected chi connectivity index (χ3v) is 4.40. The number of hydrogen-bond donors (Lipinski definition) is 1. The molecule has 2 aromatic carbocycles. The highest BCUT2D eigenvalue weighted by molar-refractivity contribution is 9.10. The van der Waals surface area contributed by atoms with Crippen LogP contribution in [0.2, 0.25) is 5.02 Å². The fourth-order valence-electron chi connectivity index (χ4n) is 2.10. The molecule has 0 saturated heterocycles. The van der Waals surface area contributed by atoms with Gasteiger partial charge >= 0.3 is 0 Å². The molecule has 0 aliphatic heterocycles. The van der Waals surface area contributed by atoms with Gasteiger partial charge < -0.3 is 10.5 Å². The van der Waals surface area contributed by atoms with Gasteiger partial charge in [0.2, 0.25) is 0 Å². The predicted molar refractivity (Wildman–Crippen MR) is 87.5 cm³/mol. The SMILES string of the molecule is COc1ccc(Cl)cc1CC(N)c1ccc(C)c(Br)c1. The topological polar surface area (TPSA) is 35.2 Å². The molecule has 0 radical (unpaired) electrons. The van der Waals surface area contributed by atoms with E-state index in [-0.39, 0.29) is 6.04 Å². The Morgan fingerprint density at radius 3 is 2.65 bits per heavy atom. The molecule has 0 heterocycles. The molecule has 1 unspecified atom stereocenters. The molecule has 20 heavy (non-hydrogen) atoms. The van der Waals surface area contributed by atoms with Crippen molar-refractivity contribution in [2.24, 2.45) is 5.73 Å². The molecule has 0 bridgehead atoms. The van der Waals surface area contributed by atoms with Gasteiger partial charge in [-0.15, -0.1) is 0 Å². The maximum Gasteiger partial charge on any atom is 0.122 e. The zero-order chi connectivity index (χ0) is 14.7. The second-order valence-electron chi connectivity index (χ2n) is 4.78. The molecule has 2 rings (SSSR count). The molecular formula is C16H17BrClNO. The van der Waals surface area contributed by atoms with Gasteiger partial charge in [0.25, 0.3) is 0 Å². The Labute approximate surface area is 133 Å². The fraction of sp³-hybridized carbons (Fsp3) is 0.250. The van der Waals surface area contributed by atoms with Crippen LogP contribution in [0.1, 0.15) is 22.7 Å². The van der Waals surface area contributed by atoms with Gasteiger partial charge in [0, 0.05) is 15.5 Å². The van der Waals surface area contributed by atoms with Crippen molar-refractivity contribution in [2.45, 2.75) is 19.4 Å². The molecule has 2 N–H and O–H groups in total. The first-order valence-corrected chi connectivity index (χ1v) is 7.52. The minimum absolute atomic E-state index is 0.0979. The summed E-state index contributed by atoms with van der Waals surface area (Å²) in [5.74, 6) is 0.816. The van der Waals surface area contributed by atoms with Gasteiger partial charge in [0.05, 0.1) is 7.11 Å². The van der Waals surface area contributed by atoms with Gasteiger partial charge in [0.1, 0.15) is 5.75 Å².